The van der Waals surface area contributed by atoms with Gasteiger partial charge in [-0.1, -0.05) is 0 Å². The van der Waals surface area contributed by atoms with Crippen LogP contribution >= 0.6 is 0 Å². The Morgan fingerprint density at radius 2 is 1.97 bits per heavy atom. The van der Waals surface area contributed by atoms with E-state index in [9.17, 15) is 13.2 Å². The molecule has 1 aromatic carbocycles. The van der Waals surface area contributed by atoms with Crippen molar-refractivity contribution in [2.45, 2.75) is 13.1 Å². The van der Waals surface area contributed by atoms with Crippen LogP contribution in [0.3, 0.4) is 0 Å². The first-order valence-corrected chi connectivity index (χ1v) is 9.22. The van der Waals surface area contributed by atoms with Gasteiger partial charge in [0.2, 0.25) is 11.8 Å². The quantitative estimate of drug-likeness (QED) is 0.487. The zero-order valence-electron chi connectivity index (χ0n) is 16.5. The minimum Gasteiger partial charge on any atom is -0.497 e. The first-order valence-electron chi connectivity index (χ1n) is 9.22. The van der Waals surface area contributed by atoms with Gasteiger partial charge in [0.25, 0.3) is 0 Å². The molecule has 31 heavy (non-hydrogen) atoms. The Balaban J connectivity index is 1.66. The van der Waals surface area contributed by atoms with E-state index in [-0.39, 0.29) is 17.4 Å². The summed E-state index contributed by atoms with van der Waals surface area (Å²) in [6.45, 7) is 2.34. The molecule has 0 aliphatic carbocycles. The molecule has 0 saturated carbocycles. The predicted octanol–water partition coefficient (Wildman–Crippen LogP) is 4.36. The summed E-state index contributed by atoms with van der Waals surface area (Å²) in [5.41, 5.74) is 1.20. The molecule has 11 heteroatoms. The van der Waals surface area contributed by atoms with E-state index >= 15 is 0 Å². The number of methoxy groups -OCH3 is 1. The summed E-state index contributed by atoms with van der Waals surface area (Å²) >= 11 is 0. The monoisotopic (exact) mass is 430 g/mol. The van der Waals surface area contributed by atoms with Gasteiger partial charge in [0, 0.05) is 29.6 Å². The van der Waals surface area contributed by atoms with E-state index in [1.54, 1.807) is 24.4 Å². The fourth-order valence-corrected chi connectivity index (χ4v) is 2.93. The van der Waals surface area contributed by atoms with Gasteiger partial charge in [-0.05, 0) is 31.2 Å². The molecule has 8 nitrogen and oxygen atoms in total. The van der Waals surface area contributed by atoms with Crippen molar-refractivity contribution in [1.82, 2.24) is 24.8 Å². The molecule has 0 amide bonds. The molecule has 0 bridgehead atoms. The third-order valence-corrected chi connectivity index (χ3v) is 4.31. The maximum absolute atomic E-state index is 13.2. The highest BCUT2D eigenvalue weighted by molar-refractivity contribution is 5.77. The van der Waals surface area contributed by atoms with Gasteiger partial charge in [0.05, 0.1) is 36.7 Å². The molecular weight excluding hydrogens is 413 g/mol. The van der Waals surface area contributed by atoms with Crippen LogP contribution in [0, 0.1) is 0 Å². The summed E-state index contributed by atoms with van der Waals surface area (Å²) in [6.07, 6.45) is -1.42. The van der Waals surface area contributed by atoms with Gasteiger partial charge in [0.15, 0.2) is 0 Å². The molecule has 0 aliphatic heterocycles. The second-order valence-electron chi connectivity index (χ2n) is 6.38. The van der Waals surface area contributed by atoms with Crippen LogP contribution in [0.4, 0.5) is 24.8 Å². The molecule has 3 heterocycles. The number of benzene rings is 1. The lowest BCUT2D eigenvalue weighted by molar-refractivity contribution is -0.137. The molecular formula is C20H17F3N6O2. The Labute approximate surface area is 174 Å². The van der Waals surface area contributed by atoms with E-state index in [0.29, 0.717) is 29.3 Å². The zero-order chi connectivity index (χ0) is 22.0. The Kier molecular flexibility index (Phi) is 5.32. The van der Waals surface area contributed by atoms with Crippen molar-refractivity contribution >= 4 is 17.2 Å². The van der Waals surface area contributed by atoms with Crippen LogP contribution in [0.25, 0.3) is 16.8 Å². The molecule has 4 rings (SSSR count). The molecule has 160 valence electrons. The number of hydrogen-bond acceptors (Lipinski definition) is 7. The third-order valence-electron chi connectivity index (χ3n) is 4.31. The number of nitrogens with one attached hydrogen (secondary N) is 1. The average Bonchev–Trinajstić information content (AvgIpc) is 3.16. The van der Waals surface area contributed by atoms with Gasteiger partial charge in [-0.25, -0.2) is 9.97 Å². The first kappa shape index (κ1) is 20.4. The SMILES string of the molecule is CCOc1ccc2c(-c3ccnc(Nc4cc(OC)cc(C(F)(F)F)c4)n3)cnn2n1. The maximum Gasteiger partial charge on any atom is 0.416 e. The average molecular weight is 430 g/mol. The summed E-state index contributed by atoms with van der Waals surface area (Å²) in [6, 6.07) is 8.51. The number of aromatic nitrogens is 5. The van der Waals surface area contributed by atoms with Gasteiger partial charge in [-0.15, -0.1) is 9.73 Å². The topological polar surface area (TPSA) is 86.5 Å². The lowest BCUT2D eigenvalue weighted by Crippen LogP contribution is -2.07. The van der Waals surface area contributed by atoms with Crippen molar-refractivity contribution in [2.24, 2.45) is 0 Å². The summed E-state index contributed by atoms with van der Waals surface area (Å²) in [5.74, 6) is 0.623. The highest BCUT2D eigenvalue weighted by Crippen LogP contribution is 2.35. The number of alkyl halides is 3. The summed E-state index contributed by atoms with van der Waals surface area (Å²) < 4.78 is 51.2. The third kappa shape index (κ3) is 4.34. The van der Waals surface area contributed by atoms with Crippen molar-refractivity contribution < 1.29 is 22.6 Å². The predicted molar refractivity (Wildman–Crippen MR) is 106 cm³/mol. The number of ether oxygens (including phenoxy) is 2. The van der Waals surface area contributed by atoms with E-state index in [1.807, 2.05) is 6.92 Å². The van der Waals surface area contributed by atoms with Gasteiger partial charge in [-0.2, -0.15) is 18.3 Å². The fourth-order valence-electron chi connectivity index (χ4n) is 2.93. The minimum absolute atomic E-state index is 0.0623. The molecule has 1 N–H and O–H groups in total. The Hall–Kier alpha value is -3.89. The number of anilines is 2. The maximum atomic E-state index is 13.2. The normalized spacial score (nSPS) is 11.5. The number of halogens is 3. The van der Waals surface area contributed by atoms with Crippen LogP contribution in [0.5, 0.6) is 11.6 Å². The van der Waals surface area contributed by atoms with Gasteiger partial charge >= 0.3 is 6.18 Å². The second kappa shape index (κ2) is 8.09. The molecule has 0 atom stereocenters. The van der Waals surface area contributed by atoms with Crippen LogP contribution in [0.15, 0.2) is 48.8 Å². The smallest absolute Gasteiger partial charge is 0.416 e. The van der Waals surface area contributed by atoms with Crippen LogP contribution in [-0.4, -0.2) is 38.5 Å². The van der Waals surface area contributed by atoms with Crippen molar-refractivity contribution in [3.8, 4) is 22.9 Å². The van der Waals surface area contributed by atoms with Crippen molar-refractivity contribution in [3.63, 3.8) is 0 Å². The molecule has 3 aromatic heterocycles. The number of fused-ring (bicyclic) bond motifs is 1. The lowest BCUT2D eigenvalue weighted by atomic mass is 10.2. The summed E-state index contributed by atoms with van der Waals surface area (Å²) in [5, 5.41) is 11.3. The van der Waals surface area contributed by atoms with E-state index in [0.717, 1.165) is 12.1 Å². The Bertz CT molecular complexity index is 1230. The highest BCUT2D eigenvalue weighted by Gasteiger charge is 2.31. The van der Waals surface area contributed by atoms with Crippen LogP contribution in [0.1, 0.15) is 12.5 Å². The van der Waals surface area contributed by atoms with E-state index in [4.69, 9.17) is 9.47 Å². The van der Waals surface area contributed by atoms with Crippen molar-refractivity contribution in [2.75, 3.05) is 19.0 Å². The molecule has 4 aromatic rings. The molecule has 0 fully saturated rings. The summed E-state index contributed by atoms with van der Waals surface area (Å²) in [7, 11) is 1.30. The molecule has 0 saturated heterocycles. The van der Waals surface area contributed by atoms with Gasteiger partial charge < -0.3 is 14.8 Å². The first-order chi connectivity index (χ1) is 14.9. The standard InChI is InChI=1S/C20H17F3N6O2/c1-3-31-18-5-4-17-15(11-25-29(17)28-18)16-6-7-24-19(27-16)26-13-8-12(20(21,22)23)9-14(10-13)30-2/h4-11H,3H2,1-2H3,(H,24,26,27). The Morgan fingerprint density at radius 3 is 2.71 bits per heavy atom. The minimum atomic E-state index is -4.52. The molecule has 0 aliphatic rings. The fraction of sp³-hybridized carbons (Fsp3) is 0.200. The van der Waals surface area contributed by atoms with E-state index in [2.05, 4.69) is 25.5 Å². The van der Waals surface area contributed by atoms with Crippen molar-refractivity contribution in [1.29, 1.82) is 0 Å². The zero-order valence-corrected chi connectivity index (χ0v) is 16.5. The van der Waals surface area contributed by atoms with E-state index < -0.39 is 11.7 Å². The van der Waals surface area contributed by atoms with E-state index in [1.165, 1.54) is 24.0 Å². The molecule has 0 radical (unpaired) electrons. The van der Waals surface area contributed by atoms with Crippen molar-refractivity contribution in [3.05, 3.63) is 54.4 Å². The summed E-state index contributed by atoms with van der Waals surface area (Å²) in [4.78, 5) is 8.51. The molecule has 0 unspecified atom stereocenters. The highest BCUT2D eigenvalue weighted by atomic mass is 19.4. The number of rotatable bonds is 6. The second-order valence-corrected chi connectivity index (χ2v) is 6.38. The van der Waals surface area contributed by atoms with Crippen LogP contribution in [0.2, 0.25) is 0 Å². The Morgan fingerprint density at radius 1 is 1.13 bits per heavy atom. The lowest BCUT2D eigenvalue weighted by Gasteiger charge is -2.12. The van der Waals surface area contributed by atoms with Gasteiger partial charge in [0.1, 0.15) is 5.75 Å². The van der Waals surface area contributed by atoms with Crippen LogP contribution < -0.4 is 14.8 Å². The largest absolute Gasteiger partial charge is 0.497 e. The van der Waals surface area contributed by atoms with Gasteiger partial charge in [-0.3, -0.25) is 0 Å². The number of nitrogens with zero attached hydrogens (tertiary/aromatic N) is 5. The molecule has 0 spiro atoms. The number of hydrogen-bond donors (Lipinski definition) is 1. The van der Waals surface area contributed by atoms with Crippen LogP contribution in [-0.2, 0) is 6.18 Å².